The van der Waals surface area contributed by atoms with Gasteiger partial charge in [0.05, 0.1) is 0 Å². The van der Waals surface area contributed by atoms with Crippen LogP contribution in [0.25, 0.3) is 0 Å². The molecule has 0 saturated carbocycles. The Bertz CT molecular complexity index is 557. The van der Waals surface area contributed by atoms with E-state index in [2.05, 4.69) is 6.92 Å². The van der Waals surface area contributed by atoms with Gasteiger partial charge in [0.1, 0.15) is 6.54 Å². The average molecular weight is 343 g/mol. The van der Waals surface area contributed by atoms with Crippen molar-refractivity contribution in [1.29, 1.82) is 0 Å². The van der Waals surface area contributed by atoms with E-state index in [0.717, 1.165) is 25.9 Å². The number of amides is 2. The number of carbonyl (C=O) groups is 2. The summed E-state index contributed by atoms with van der Waals surface area (Å²) in [6, 6.07) is 4.88. The Hall–Kier alpha value is -1.26. The summed E-state index contributed by atoms with van der Waals surface area (Å²) >= 11 is 12.0. The molecule has 1 aromatic carbocycles. The van der Waals surface area contributed by atoms with Gasteiger partial charge in [-0.25, -0.2) is 0 Å². The van der Waals surface area contributed by atoms with Crippen LogP contribution in [0.15, 0.2) is 18.2 Å². The summed E-state index contributed by atoms with van der Waals surface area (Å²) in [6.07, 6.45) is 2.15. The minimum Gasteiger partial charge on any atom is -0.341 e. The molecule has 4 nitrogen and oxygen atoms in total. The number of hydrogen-bond acceptors (Lipinski definition) is 2. The molecule has 1 aromatic rings. The molecular weight excluding hydrogens is 323 g/mol. The summed E-state index contributed by atoms with van der Waals surface area (Å²) in [7, 11) is 0. The largest absolute Gasteiger partial charge is 0.341 e. The van der Waals surface area contributed by atoms with Gasteiger partial charge in [0.25, 0.3) is 0 Å². The fourth-order valence-electron chi connectivity index (χ4n) is 2.73. The maximum Gasteiger partial charge on any atom is 0.242 e. The molecule has 1 aliphatic rings. The van der Waals surface area contributed by atoms with Crippen LogP contribution >= 0.6 is 23.2 Å². The van der Waals surface area contributed by atoms with Crippen molar-refractivity contribution >= 4 is 40.7 Å². The number of halogens is 2. The molecule has 1 aliphatic heterocycles. The Balaban J connectivity index is 2.15. The van der Waals surface area contributed by atoms with Crippen molar-refractivity contribution in [2.45, 2.75) is 26.7 Å². The first kappa shape index (κ1) is 17.1. The maximum atomic E-state index is 12.5. The fourth-order valence-corrected chi connectivity index (χ4v) is 3.25. The third-order valence-corrected chi connectivity index (χ3v) is 4.28. The normalized spacial score (nSPS) is 18.2. The van der Waals surface area contributed by atoms with Crippen LogP contribution in [0.1, 0.15) is 26.7 Å². The molecule has 1 heterocycles. The van der Waals surface area contributed by atoms with Gasteiger partial charge in [-0.05, 0) is 37.0 Å². The number of nitrogens with zero attached hydrogens (tertiary/aromatic N) is 2. The van der Waals surface area contributed by atoms with E-state index < -0.39 is 0 Å². The van der Waals surface area contributed by atoms with Crippen LogP contribution in [0.4, 0.5) is 5.69 Å². The maximum absolute atomic E-state index is 12.5. The molecule has 2 amide bonds. The third kappa shape index (κ3) is 4.37. The molecule has 0 radical (unpaired) electrons. The van der Waals surface area contributed by atoms with Gasteiger partial charge in [-0.15, -0.1) is 0 Å². The second-order valence-electron chi connectivity index (χ2n) is 5.82. The van der Waals surface area contributed by atoms with Gasteiger partial charge in [-0.1, -0.05) is 30.1 Å². The molecule has 1 unspecified atom stereocenters. The molecule has 0 aromatic heterocycles. The van der Waals surface area contributed by atoms with E-state index in [1.165, 1.54) is 11.8 Å². The molecule has 120 valence electrons. The molecule has 2 rings (SSSR count). The first-order chi connectivity index (χ1) is 10.4. The molecule has 1 fully saturated rings. The molecule has 22 heavy (non-hydrogen) atoms. The van der Waals surface area contributed by atoms with E-state index >= 15 is 0 Å². The Morgan fingerprint density at radius 3 is 2.45 bits per heavy atom. The van der Waals surface area contributed by atoms with Crippen molar-refractivity contribution in [2.24, 2.45) is 5.92 Å². The Labute approximate surface area is 141 Å². The fraction of sp³-hybridized carbons (Fsp3) is 0.500. The first-order valence-electron chi connectivity index (χ1n) is 7.39. The van der Waals surface area contributed by atoms with E-state index in [1.807, 2.05) is 4.90 Å². The van der Waals surface area contributed by atoms with Crippen molar-refractivity contribution in [3.8, 4) is 0 Å². The van der Waals surface area contributed by atoms with E-state index in [9.17, 15) is 9.59 Å². The molecule has 0 bridgehead atoms. The molecule has 1 saturated heterocycles. The number of anilines is 1. The van der Waals surface area contributed by atoms with Crippen LogP contribution in [-0.2, 0) is 9.59 Å². The number of benzene rings is 1. The molecule has 6 heteroatoms. The van der Waals surface area contributed by atoms with Crippen LogP contribution in [-0.4, -0.2) is 36.3 Å². The minimum absolute atomic E-state index is 0.0126. The molecule has 1 atom stereocenters. The summed E-state index contributed by atoms with van der Waals surface area (Å²) in [5, 5.41) is 0.876. The SMILES string of the molecule is CC(=O)N(CC(=O)N1CCCC(C)C1)c1cc(Cl)cc(Cl)c1. The lowest BCUT2D eigenvalue weighted by Gasteiger charge is -2.32. The summed E-state index contributed by atoms with van der Waals surface area (Å²) in [6.45, 7) is 5.09. The molecule has 0 spiro atoms. The highest BCUT2D eigenvalue weighted by molar-refractivity contribution is 6.35. The van der Waals surface area contributed by atoms with E-state index in [4.69, 9.17) is 23.2 Å². The topological polar surface area (TPSA) is 40.6 Å². The van der Waals surface area contributed by atoms with Crippen molar-refractivity contribution in [3.63, 3.8) is 0 Å². The number of piperidine rings is 1. The third-order valence-electron chi connectivity index (χ3n) is 3.84. The lowest BCUT2D eigenvalue weighted by atomic mass is 10.0. The zero-order chi connectivity index (χ0) is 16.3. The quantitative estimate of drug-likeness (QED) is 0.841. The lowest BCUT2D eigenvalue weighted by molar-refractivity contribution is -0.132. The van der Waals surface area contributed by atoms with Crippen LogP contribution in [0, 0.1) is 5.92 Å². The number of rotatable bonds is 3. The monoisotopic (exact) mass is 342 g/mol. The summed E-state index contributed by atoms with van der Waals surface area (Å²) in [4.78, 5) is 27.6. The summed E-state index contributed by atoms with van der Waals surface area (Å²) < 4.78 is 0. The van der Waals surface area contributed by atoms with Crippen molar-refractivity contribution in [2.75, 3.05) is 24.5 Å². The smallest absolute Gasteiger partial charge is 0.242 e. The predicted octanol–water partition coefficient (Wildman–Crippen LogP) is 3.60. The van der Waals surface area contributed by atoms with Gasteiger partial charge in [-0.3, -0.25) is 9.59 Å². The van der Waals surface area contributed by atoms with E-state index in [1.54, 1.807) is 18.2 Å². The summed E-state index contributed by atoms with van der Waals surface area (Å²) in [5.74, 6) is 0.249. The lowest BCUT2D eigenvalue weighted by Crippen LogP contribution is -2.46. The van der Waals surface area contributed by atoms with Gasteiger partial charge in [-0.2, -0.15) is 0 Å². The van der Waals surface area contributed by atoms with Crippen molar-refractivity contribution < 1.29 is 9.59 Å². The van der Waals surface area contributed by atoms with Gasteiger partial charge in [0, 0.05) is 35.7 Å². The number of hydrogen-bond donors (Lipinski definition) is 0. The van der Waals surface area contributed by atoms with Crippen molar-refractivity contribution in [3.05, 3.63) is 28.2 Å². The summed E-state index contributed by atoms with van der Waals surface area (Å²) in [5.41, 5.74) is 0.545. The van der Waals surface area contributed by atoms with Gasteiger partial charge in [0.2, 0.25) is 11.8 Å². The van der Waals surface area contributed by atoms with Crippen LogP contribution in [0.2, 0.25) is 10.0 Å². The van der Waals surface area contributed by atoms with E-state index in [0.29, 0.717) is 21.7 Å². The molecule has 0 aliphatic carbocycles. The number of likely N-dealkylation sites (tertiary alicyclic amines) is 1. The second-order valence-corrected chi connectivity index (χ2v) is 6.69. The zero-order valence-electron chi connectivity index (χ0n) is 12.8. The highest BCUT2D eigenvalue weighted by Gasteiger charge is 2.24. The van der Waals surface area contributed by atoms with Crippen LogP contribution in [0.5, 0.6) is 0 Å². The number of carbonyl (C=O) groups excluding carboxylic acids is 2. The Kier molecular flexibility index (Phi) is 5.70. The predicted molar refractivity (Wildman–Crippen MR) is 89.5 cm³/mol. The zero-order valence-corrected chi connectivity index (χ0v) is 14.3. The van der Waals surface area contributed by atoms with E-state index in [-0.39, 0.29) is 18.4 Å². The average Bonchev–Trinajstić information content (AvgIpc) is 2.43. The van der Waals surface area contributed by atoms with Gasteiger partial charge >= 0.3 is 0 Å². The first-order valence-corrected chi connectivity index (χ1v) is 8.14. The standard InChI is InChI=1S/C16H20Cl2N2O2/c1-11-4-3-5-19(9-11)16(22)10-20(12(2)21)15-7-13(17)6-14(18)8-15/h6-8,11H,3-5,9-10H2,1-2H3. The van der Waals surface area contributed by atoms with Crippen LogP contribution < -0.4 is 4.90 Å². The molecular formula is C16H20Cl2N2O2. The van der Waals surface area contributed by atoms with Gasteiger partial charge < -0.3 is 9.80 Å². The second kappa shape index (κ2) is 7.34. The highest BCUT2D eigenvalue weighted by Crippen LogP contribution is 2.26. The highest BCUT2D eigenvalue weighted by atomic mass is 35.5. The Morgan fingerprint density at radius 2 is 1.91 bits per heavy atom. The van der Waals surface area contributed by atoms with Crippen molar-refractivity contribution in [1.82, 2.24) is 4.90 Å². The minimum atomic E-state index is -0.211. The van der Waals surface area contributed by atoms with Gasteiger partial charge in [0.15, 0.2) is 0 Å². The molecule has 0 N–H and O–H groups in total. The van der Waals surface area contributed by atoms with Crippen LogP contribution in [0.3, 0.4) is 0 Å². The Morgan fingerprint density at radius 1 is 1.27 bits per heavy atom.